The van der Waals surface area contributed by atoms with E-state index >= 15 is 0 Å². The van der Waals surface area contributed by atoms with Crippen LogP contribution in [0.1, 0.15) is 13.8 Å². The predicted molar refractivity (Wildman–Crippen MR) is 68.2 cm³/mol. The van der Waals surface area contributed by atoms with E-state index in [2.05, 4.69) is 5.32 Å². The van der Waals surface area contributed by atoms with Crippen molar-refractivity contribution in [3.8, 4) is 5.75 Å². The van der Waals surface area contributed by atoms with Crippen molar-refractivity contribution in [2.75, 3.05) is 19.8 Å². The Balaban J connectivity index is 2.82. The van der Waals surface area contributed by atoms with Crippen LogP contribution >= 0.6 is 0 Å². The Hall–Kier alpha value is -1.07. The molecule has 0 atom stereocenters. The predicted octanol–water partition coefficient (Wildman–Crippen LogP) is 1.47. The van der Waals surface area contributed by atoms with Crippen LogP contribution in [-0.4, -0.2) is 33.9 Å². The molecule has 0 heterocycles. The zero-order valence-electron chi connectivity index (χ0n) is 10.6. The number of nitrogens with one attached hydrogen (secondary N) is 1. The Labute approximate surface area is 103 Å². The van der Waals surface area contributed by atoms with Gasteiger partial charge in [-0.2, -0.15) is 0 Å². The molecule has 96 valence electrons. The van der Waals surface area contributed by atoms with E-state index in [1.54, 1.807) is 24.3 Å². The first kappa shape index (κ1) is 14.0. The molecule has 0 aliphatic heterocycles. The molecule has 17 heavy (non-hydrogen) atoms. The van der Waals surface area contributed by atoms with Crippen molar-refractivity contribution < 1.29 is 13.2 Å². The van der Waals surface area contributed by atoms with E-state index in [-0.39, 0.29) is 5.60 Å². The largest absolute Gasteiger partial charge is 0.487 e. The first-order chi connectivity index (χ1) is 7.74. The Morgan fingerprint density at radius 3 is 2.18 bits per heavy atom. The molecular formula is C12H19NO3S. The van der Waals surface area contributed by atoms with E-state index in [1.807, 2.05) is 20.9 Å². The van der Waals surface area contributed by atoms with Crippen LogP contribution in [0.3, 0.4) is 0 Å². The van der Waals surface area contributed by atoms with Crippen molar-refractivity contribution in [1.82, 2.24) is 5.32 Å². The van der Waals surface area contributed by atoms with Gasteiger partial charge in [0.1, 0.15) is 11.4 Å². The van der Waals surface area contributed by atoms with Crippen LogP contribution in [-0.2, 0) is 9.84 Å². The maximum atomic E-state index is 11.3. The second-order valence-electron chi connectivity index (χ2n) is 4.64. The lowest BCUT2D eigenvalue weighted by Gasteiger charge is -2.26. The Morgan fingerprint density at radius 2 is 1.76 bits per heavy atom. The molecule has 0 unspecified atom stereocenters. The molecule has 0 fully saturated rings. The highest BCUT2D eigenvalue weighted by Gasteiger charge is 2.18. The molecule has 0 aliphatic rings. The minimum Gasteiger partial charge on any atom is -0.487 e. The van der Waals surface area contributed by atoms with Gasteiger partial charge in [-0.05, 0) is 45.2 Å². The summed E-state index contributed by atoms with van der Waals surface area (Å²) in [4.78, 5) is 0.302. The number of rotatable bonds is 5. The summed E-state index contributed by atoms with van der Waals surface area (Å²) in [5.74, 6) is 0.664. The number of likely N-dealkylation sites (N-methyl/N-ethyl adjacent to an activating group) is 1. The summed E-state index contributed by atoms with van der Waals surface area (Å²) in [6.45, 7) is 4.64. The zero-order valence-corrected chi connectivity index (χ0v) is 11.5. The lowest BCUT2D eigenvalue weighted by Crippen LogP contribution is -2.38. The van der Waals surface area contributed by atoms with Crippen molar-refractivity contribution in [2.24, 2.45) is 0 Å². The van der Waals surface area contributed by atoms with Gasteiger partial charge in [-0.3, -0.25) is 0 Å². The normalized spacial score (nSPS) is 12.5. The van der Waals surface area contributed by atoms with E-state index in [1.165, 1.54) is 6.26 Å². The van der Waals surface area contributed by atoms with E-state index in [9.17, 15) is 8.42 Å². The molecule has 1 aromatic carbocycles. The summed E-state index contributed by atoms with van der Waals surface area (Å²) >= 11 is 0. The van der Waals surface area contributed by atoms with Gasteiger partial charge in [0, 0.05) is 12.8 Å². The minimum absolute atomic E-state index is 0.302. The third-order valence-electron chi connectivity index (χ3n) is 2.25. The summed E-state index contributed by atoms with van der Waals surface area (Å²) in [5, 5.41) is 3.04. The summed E-state index contributed by atoms with van der Waals surface area (Å²) in [5.41, 5.74) is -0.332. The highest BCUT2D eigenvalue weighted by Crippen LogP contribution is 2.20. The molecule has 1 rings (SSSR count). The Kier molecular flexibility index (Phi) is 4.16. The molecule has 0 aliphatic carbocycles. The lowest BCUT2D eigenvalue weighted by molar-refractivity contribution is 0.110. The fourth-order valence-corrected chi connectivity index (χ4v) is 2.17. The Bertz CT molecular complexity index is 463. The Morgan fingerprint density at radius 1 is 1.24 bits per heavy atom. The molecule has 0 saturated heterocycles. The smallest absolute Gasteiger partial charge is 0.175 e. The maximum absolute atomic E-state index is 11.3. The van der Waals surface area contributed by atoms with Crippen molar-refractivity contribution in [3.63, 3.8) is 0 Å². The topological polar surface area (TPSA) is 55.4 Å². The van der Waals surface area contributed by atoms with Crippen molar-refractivity contribution in [2.45, 2.75) is 24.3 Å². The van der Waals surface area contributed by atoms with Gasteiger partial charge in [0.15, 0.2) is 9.84 Å². The molecule has 0 spiro atoms. The molecule has 4 nitrogen and oxygen atoms in total. The van der Waals surface area contributed by atoms with Gasteiger partial charge < -0.3 is 10.1 Å². The van der Waals surface area contributed by atoms with Crippen molar-refractivity contribution in [3.05, 3.63) is 24.3 Å². The summed E-state index contributed by atoms with van der Waals surface area (Å²) in [6.07, 6.45) is 1.19. The summed E-state index contributed by atoms with van der Waals surface area (Å²) < 4.78 is 28.3. The highest BCUT2D eigenvalue weighted by molar-refractivity contribution is 7.90. The van der Waals surface area contributed by atoms with Gasteiger partial charge >= 0.3 is 0 Å². The zero-order chi connectivity index (χ0) is 13.1. The van der Waals surface area contributed by atoms with Gasteiger partial charge in [0.05, 0.1) is 4.90 Å². The van der Waals surface area contributed by atoms with Crippen LogP contribution < -0.4 is 10.1 Å². The number of ether oxygens (including phenoxy) is 1. The quantitative estimate of drug-likeness (QED) is 0.868. The van der Waals surface area contributed by atoms with Crippen LogP contribution in [0.15, 0.2) is 29.2 Å². The van der Waals surface area contributed by atoms with E-state index in [0.717, 1.165) is 0 Å². The number of hydrogen-bond acceptors (Lipinski definition) is 4. The second-order valence-corrected chi connectivity index (χ2v) is 6.65. The fourth-order valence-electron chi connectivity index (χ4n) is 1.54. The van der Waals surface area contributed by atoms with Gasteiger partial charge in [-0.25, -0.2) is 8.42 Å². The number of hydrogen-bond donors (Lipinski definition) is 1. The van der Waals surface area contributed by atoms with Crippen molar-refractivity contribution in [1.29, 1.82) is 0 Å². The van der Waals surface area contributed by atoms with Crippen LogP contribution in [0, 0.1) is 0 Å². The van der Waals surface area contributed by atoms with Gasteiger partial charge in [0.2, 0.25) is 0 Å². The summed E-state index contributed by atoms with van der Waals surface area (Å²) in [6, 6.07) is 6.46. The average Bonchev–Trinajstić information content (AvgIpc) is 2.16. The SMILES string of the molecule is CNCC(C)(C)Oc1ccc(S(C)(=O)=O)cc1. The fraction of sp³-hybridized carbons (Fsp3) is 0.500. The molecule has 0 amide bonds. The lowest BCUT2D eigenvalue weighted by atomic mass is 10.1. The standard InChI is InChI=1S/C12H19NO3S/c1-12(2,9-13-3)16-10-5-7-11(8-6-10)17(4,14)15/h5-8,13H,9H2,1-4H3. The van der Waals surface area contributed by atoms with Crippen molar-refractivity contribution >= 4 is 9.84 Å². The van der Waals surface area contributed by atoms with Gasteiger partial charge in [-0.15, -0.1) is 0 Å². The monoisotopic (exact) mass is 257 g/mol. The minimum atomic E-state index is -3.14. The molecule has 5 heteroatoms. The first-order valence-electron chi connectivity index (χ1n) is 5.38. The van der Waals surface area contributed by atoms with Crippen LogP contribution in [0.4, 0.5) is 0 Å². The molecule has 0 bridgehead atoms. The molecule has 0 saturated carbocycles. The number of sulfone groups is 1. The first-order valence-corrected chi connectivity index (χ1v) is 7.27. The van der Waals surface area contributed by atoms with E-state index < -0.39 is 9.84 Å². The van der Waals surface area contributed by atoms with Crippen LogP contribution in [0.25, 0.3) is 0 Å². The molecular weight excluding hydrogens is 238 g/mol. The summed E-state index contributed by atoms with van der Waals surface area (Å²) in [7, 11) is -1.28. The molecule has 1 N–H and O–H groups in total. The molecule has 0 aromatic heterocycles. The van der Waals surface area contributed by atoms with Crippen LogP contribution in [0.5, 0.6) is 5.75 Å². The average molecular weight is 257 g/mol. The number of benzene rings is 1. The maximum Gasteiger partial charge on any atom is 0.175 e. The third-order valence-corrected chi connectivity index (χ3v) is 3.38. The van der Waals surface area contributed by atoms with Gasteiger partial charge in [-0.1, -0.05) is 0 Å². The molecule has 0 radical (unpaired) electrons. The van der Waals surface area contributed by atoms with E-state index in [0.29, 0.717) is 17.2 Å². The molecule has 1 aromatic rings. The van der Waals surface area contributed by atoms with Gasteiger partial charge in [0.25, 0.3) is 0 Å². The van der Waals surface area contributed by atoms with E-state index in [4.69, 9.17) is 4.74 Å². The highest BCUT2D eigenvalue weighted by atomic mass is 32.2. The van der Waals surface area contributed by atoms with Crippen LogP contribution in [0.2, 0.25) is 0 Å². The third kappa shape index (κ3) is 4.36. The second kappa shape index (κ2) is 5.06.